The molecule has 0 saturated heterocycles. The Balaban J connectivity index is 2.03. The number of nitrogens with two attached hydrogens (primary N) is 1. The highest BCUT2D eigenvalue weighted by atomic mass is 19.1. The first-order chi connectivity index (χ1) is 13.0. The summed E-state index contributed by atoms with van der Waals surface area (Å²) in [7, 11) is 0. The number of carbonyl (C=O) groups is 1. The number of hydrogen-bond acceptors (Lipinski definition) is 4. The zero-order chi connectivity index (χ0) is 19.4. The molecule has 138 valence electrons. The van der Waals surface area contributed by atoms with Crippen LogP contribution in [0, 0.1) is 11.6 Å². The molecule has 0 unspecified atom stereocenters. The first-order valence-electron chi connectivity index (χ1n) is 8.09. The van der Waals surface area contributed by atoms with Crippen LogP contribution in [0.15, 0.2) is 60.7 Å². The summed E-state index contributed by atoms with van der Waals surface area (Å²) in [6.45, 7) is -0.382. The molecule has 0 aliphatic heterocycles. The third-order valence-corrected chi connectivity index (χ3v) is 3.93. The van der Waals surface area contributed by atoms with E-state index in [1.165, 1.54) is 30.3 Å². The van der Waals surface area contributed by atoms with Crippen LogP contribution in [0.3, 0.4) is 0 Å². The number of hydrogen-bond donors (Lipinski definition) is 4. The normalized spacial score (nSPS) is 10.5. The number of carbonyl (C=O) groups excluding carboxylic acids is 1. The maximum Gasteiger partial charge on any atom is 0.249 e. The molecule has 0 aromatic heterocycles. The van der Waals surface area contributed by atoms with Crippen LogP contribution in [0.5, 0.6) is 0 Å². The third kappa shape index (κ3) is 4.39. The Morgan fingerprint density at radius 3 is 1.70 bits per heavy atom. The minimum absolute atomic E-state index is 0.159. The molecule has 0 atom stereocenters. The molecule has 3 aromatic carbocycles. The van der Waals surface area contributed by atoms with E-state index < -0.39 is 5.91 Å². The van der Waals surface area contributed by atoms with E-state index in [0.717, 1.165) is 0 Å². The second-order valence-electron chi connectivity index (χ2n) is 5.84. The van der Waals surface area contributed by atoms with E-state index in [9.17, 15) is 18.7 Å². The molecule has 5 nitrogen and oxygen atoms in total. The van der Waals surface area contributed by atoms with Crippen LogP contribution < -0.4 is 16.4 Å². The summed E-state index contributed by atoms with van der Waals surface area (Å²) < 4.78 is 26.3. The number of amides is 1. The second kappa shape index (κ2) is 7.84. The lowest BCUT2D eigenvalue weighted by Gasteiger charge is -2.17. The van der Waals surface area contributed by atoms with E-state index >= 15 is 0 Å². The van der Waals surface area contributed by atoms with Crippen molar-refractivity contribution in [3.05, 3.63) is 83.4 Å². The van der Waals surface area contributed by atoms with Crippen molar-refractivity contribution in [2.45, 2.75) is 6.61 Å². The minimum atomic E-state index is -0.686. The summed E-state index contributed by atoms with van der Waals surface area (Å²) in [6.07, 6.45) is 0. The summed E-state index contributed by atoms with van der Waals surface area (Å²) in [4.78, 5) is 11.7. The SMILES string of the molecule is NC(=O)c1cc(Nc2ccc(F)cc2)c(Nc2ccc(F)cc2)cc1CO. The highest BCUT2D eigenvalue weighted by Crippen LogP contribution is 2.32. The quantitative estimate of drug-likeness (QED) is 0.528. The maximum absolute atomic E-state index is 13.1. The predicted octanol–water partition coefficient (Wildman–Crippen LogP) is 4.04. The Morgan fingerprint density at radius 2 is 1.30 bits per heavy atom. The van der Waals surface area contributed by atoms with Crippen molar-refractivity contribution in [2.75, 3.05) is 10.6 Å². The number of nitrogens with one attached hydrogen (secondary N) is 2. The fourth-order valence-electron chi connectivity index (χ4n) is 2.59. The molecule has 1 amide bonds. The summed E-state index contributed by atoms with van der Waals surface area (Å²) >= 11 is 0. The lowest BCUT2D eigenvalue weighted by Crippen LogP contribution is -2.15. The highest BCUT2D eigenvalue weighted by Gasteiger charge is 2.14. The van der Waals surface area contributed by atoms with Crippen molar-refractivity contribution < 1.29 is 18.7 Å². The first kappa shape index (κ1) is 18.3. The molecule has 5 N–H and O–H groups in total. The number of halogens is 2. The smallest absolute Gasteiger partial charge is 0.249 e. The Labute approximate surface area is 154 Å². The van der Waals surface area contributed by atoms with Gasteiger partial charge in [-0.25, -0.2) is 8.78 Å². The molecular formula is C20H17F2N3O2. The largest absolute Gasteiger partial charge is 0.392 e. The van der Waals surface area contributed by atoms with Gasteiger partial charge in [-0.2, -0.15) is 0 Å². The number of aliphatic hydroxyl groups excluding tert-OH is 1. The fourth-order valence-corrected chi connectivity index (χ4v) is 2.59. The van der Waals surface area contributed by atoms with Gasteiger partial charge < -0.3 is 21.5 Å². The Morgan fingerprint density at radius 1 is 0.852 bits per heavy atom. The molecule has 0 heterocycles. The molecule has 27 heavy (non-hydrogen) atoms. The topological polar surface area (TPSA) is 87.4 Å². The van der Waals surface area contributed by atoms with Crippen molar-refractivity contribution in [3.8, 4) is 0 Å². The Bertz CT molecular complexity index is 958. The maximum atomic E-state index is 13.1. The predicted molar refractivity (Wildman–Crippen MR) is 100 cm³/mol. The van der Waals surface area contributed by atoms with Gasteiger partial charge in [0, 0.05) is 16.9 Å². The van der Waals surface area contributed by atoms with Gasteiger partial charge in [0.15, 0.2) is 0 Å². The molecule has 0 aliphatic rings. The van der Waals surface area contributed by atoms with Gasteiger partial charge in [0.2, 0.25) is 5.91 Å². The number of primary amides is 1. The molecule has 0 bridgehead atoms. The van der Waals surface area contributed by atoms with Crippen LogP contribution in [0.25, 0.3) is 0 Å². The van der Waals surface area contributed by atoms with Gasteiger partial charge in [-0.3, -0.25) is 4.79 Å². The standard InChI is InChI=1S/C20H17F2N3O2/c21-13-1-5-15(6-2-13)24-18-9-12(11-26)17(20(23)27)10-19(18)25-16-7-3-14(22)4-8-16/h1-10,24-26H,11H2,(H2,23,27). The van der Waals surface area contributed by atoms with E-state index in [2.05, 4.69) is 10.6 Å². The Kier molecular flexibility index (Phi) is 5.33. The number of benzene rings is 3. The third-order valence-electron chi connectivity index (χ3n) is 3.93. The average Bonchev–Trinajstić information content (AvgIpc) is 2.66. The molecule has 0 spiro atoms. The van der Waals surface area contributed by atoms with Crippen LogP contribution in [0.2, 0.25) is 0 Å². The minimum Gasteiger partial charge on any atom is -0.392 e. The van der Waals surface area contributed by atoms with Crippen LogP contribution in [0.4, 0.5) is 31.5 Å². The van der Waals surface area contributed by atoms with E-state index in [4.69, 9.17) is 5.73 Å². The van der Waals surface area contributed by atoms with Crippen molar-refractivity contribution in [1.29, 1.82) is 0 Å². The van der Waals surface area contributed by atoms with Crippen molar-refractivity contribution in [3.63, 3.8) is 0 Å². The number of aliphatic hydroxyl groups is 1. The first-order valence-corrected chi connectivity index (χ1v) is 8.09. The van der Waals surface area contributed by atoms with Crippen LogP contribution in [0.1, 0.15) is 15.9 Å². The number of anilines is 4. The molecule has 7 heteroatoms. The molecule has 0 aliphatic carbocycles. The van der Waals surface area contributed by atoms with Gasteiger partial charge in [-0.1, -0.05) is 0 Å². The van der Waals surface area contributed by atoms with Crippen LogP contribution in [-0.4, -0.2) is 11.0 Å². The molecular weight excluding hydrogens is 352 g/mol. The highest BCUT2D eigenvalue weighted by molar-refractivity contribution is 5.97. The monoisotopic (exact) mass is 369 g/mol. The molecule has 0 radical (unpaired) electrons. The summed E-state index contributed by atoms with van der Waals surface area (Å²) in [6, 6.07) is 14.5. The molecule has 3 aromatic rings. The van der Waals surface area contributed by atoms with E-state index in [-0.39, 0.29) is 23.8 Å². The van der Waals surface area contributed by atoms with E-state index in [1.807, 2.05) is 0 Å². The Hall–Kier alpha value is -3.45. The number of rotatable bonds is 6. The van der Waals surface area contributed by atoms with Crippen molar-refractivity contribution >= 4 is 28.7 Å². The van der Waals surface area contributed by atoms with Crippen molar-refractivity contribution in [2.24, 2.45) is 5.73 Å². The summed E-state index contributed by atoms with van der Waals surface area (Å²) in [5.41, 5.74) is 8.11. The lowest BCUT2D eigenvalue weighted by molar-refractivity contribution is 0.0997. The molecule has 3 rings (SSSR count). The fraction of sp³-hybridized carbons (Fsp3) is 0.0500. The van der Waals surface area contributed by atoms with Gasteiger partial charge >= 0.3 is 0 Å². The van der Waals surface area contributed by atoms with Gasteiger partial charge in [-0.15, -0.1) is 0 Å². The van der Waals surface area contributed by atoms with Gasteiger partial charge in [-0.05, 0) is 66.2 Å². The summed E-state index contributed by atoms with van der Waals surface area (Å²) in [5.74, 6) is -1.43. The lowest BCUT2D eigenvalue weighted by atomic mass is 10.0. The van der Waals surface area contributed by atoms with Crippen LogP contribution >= 0.6 is 0 Å². The van der Waals surface area contributed by atoms with Crippen molar-refractivity contribution in [1.82, 2.24) is 0 Å². The second-order valence-corrected chi connectivity index (χ2v) is 5.84. The van der Waals surface area contributed by atoms with E-state index in [1.54, 1.807) is 30.3 Å². The zero-order valence-corrected chi connectivity index (χ0v) is 14.2. The summed E-state index contributed by atoms with van der Waals surface area (Å²) in [5, 5.41) is 15.7. The molecule has 0 fully saturated rings. The van der Waals surface area contributed by atoms with Crippen LogP contribution in [-0.2, 0) is 6.61 Å². The van der Waals surface area contributed by atoms with Gasteiger partial charge in [0.05, 0.1) is 18.0 Å². The van der Waals surface area contributed by atoms with Gasteiger partial charge in [0.25, 0.3) is 0 Å². The van der Waals surface area contributed by atoms with E-state index in [0.29, 0.717) is 28.3 Å². The van der Waals surface area contributed by atoms with Gasteiger partial charge in [0.1, 0.15) is 11.6 Å². The zero-order valence-electron chi connectivity index (χ0n) is 14.2. The average molecular weight is 369 g/mol. The molecule has 0 saturated carbocycles.